The van der Waals surface area contributed by atoms with Gasteiger partial charge in [0.2, 0.25) is 11.8 Å². The fourth-order valence-electron chi connectivity index (χ4n) is 2.71. The first-order chi connectivity index (χ1) is 12.1. The van der Waals surface area contributed by atoms with Gasteiger partial charge in [-0.3, -0.25) is 14.3 Å². The second kappa shape index (κ2) is 7.33. The zero-order valence-electron chi connectivity index (χ0n) is 14.4. The van der Waals surface area contributed by atoms with Gasteiger partial charge in [0.15, 0.2) is 0 Å². The molecule has 8 nitrogen and oxygen atoms in total. The van der Waals surface area contributed by atoms with Crippen LogP contribution >= 0.6 is 0 Å². The number of ether oxygens (including phenoxy) is 1. The fraction of sp³-hybridized carbons (Fsp3) is 0.412. The van der Waals surface area contributed by atoms with E-state index in [4.69, 9.17) is 4.74 Å². The lowest BCUT2D eigenvalue weighted by molar-refractivity contribution is -0.120. The third kappa shape index (κ3) is 3.78. The summed E-state index contributed by atoms with van der Waals surface area (Å²) in [5.41, 5.74) is 2.29. The molecule has 25 heavy (non-hydrogen) atoms. The van der Waals surface area contributed by atoms with Gasteiger partial charge in [-0.05, 0) is 12.1 Å². The van der Waals surface area contributed by atoms with E-state index in [0.29, 0.717) is 44.0 Å². The Morgan fingerprint density at radius 1 is 1.32 bits per heavy atom. The van der Waals surface area contributed by atoms with Crippen LogP contribution in [0.2, 0.25) is 0 Å². The summed E-state index contributed by atoms with van der Waals surface area (Å²) < 4.78 is 6.91. The van der Waals surface area contributed by atoms with Crippen molar-refractivity contribution in [3.05, 3.63) is 41.3 Å². The van der Waals surface area contributed by atoms with Crippen LogP contribution in [0, 0.1) is 0 Å². The molecule has 0 spiro atoms. The van der Waals surface area contributed by atoms with Crippen LogP contribution in [-0.4, -0.2) is 45.1 Å². The minimum Gasteiger partial charge on any atom is -0.481 e. The number of methoxy groups -OCH3 is 1. The lowest BCUT2D eigenvalue weighted by Gasteiger charge is -2.27. The second-order valence-corrected chi connectivity index (χ2v) is 5.80. The molecule has 0 aromatic carbocycles. The van der Waals surface area contributed by atoms with E-state index in [1.54, 1.807) is 17.0 Å². The molecule has 0 fully saturated rings. The van der Waals surface area contributed by atoms with E-state index in [9.17, 15) is 9.59 Å². The van der Waals surface area contributed by atoms with Gasteiger partial charge in [-0.2, -0.15) is 5.10 Å². The van der Waals surface area contributed by atoms with Crippen LogP contribution in [-0.2, 0) is 24.4 Å². The van der Waals surface area contributed by atoms with Crippen molar-refractivity contribution in [2.45, 2.75) is 33.0 Å². The number of hydrogen-bond donors (Lipinski definition) is 1. The summed E-state index contributed by atoms with van der Waals surface area (Å²) in [6, 6.07) is 5.32. The molecule has 0 atom stereocenters. The molecule has 2 amide bonds. The minimum atomic E-state index is -0.0663. The van der Waals surface area contributed by atoms with Gasteiger partial charge in [-0.1, -0.05) is 6.92 Å². The predicted octanol–water partition coefficient (Wildman–Crippen LogP) is 0.969. The van der Waals surface area contributed by atoms with E-state index < -0.39 is 0 Å². The molecule has 1 aliphatic heterocycles. The Morgan fingerprint density at radius 3 is 2.84 bits per heavy atom. The number of hydrogen-bond acceptors (Lipinski definition) is 5. The molecule has 3 heterocycles. The lowest BCUT2D eigenvalue weighted by atomic mass is 10.2. The van der Waals surface area contributed by atoms with Gasteiger partial charge in [-0.15, -0.1) is 0 Å². The molecule has 8 heteroatoms. The van der Waals surface area contributed by atoms with Gasteiger partial charge in [0.25, 0.3) is 5.91 Å². The van der Waals surface area contributed by atoms with E-state index >= 15 is 0 Å². The number of nitrogens with one attached hydrogen (secondary N) is 1. The Bertz CT molecular complexity index is 769. The molecule has 3 rings (SSSR count). The summed E-state index contributed by atoms with van der Waals surface area (Å²) in [6.07, 6.45) is 1.98. The monoisotopic (exact) mass is 343 g/mol. The van der Waals surface area contributed by atoms with Crippen LogP contribution in [0.25, 0.3) is 0 Å². The Morgan fingerprint density at radius 2 is 2.16 bits per heavy atom. The van der Waals surface area contributed by atoms with E-state index in [1.165, 1.54) is 13.3 Å². The Labute approximate surface area is 145 Å². The van der Waals surface area contributed by atoms with Gasteiger partial charge in [0.05, 0.1) is 43.7 Å². The summed E-state index contributed by atoms with van der Waals surface area (Å²) in [7, 11) is 1.54. The lowest BCUT2D eigenvalue weighted by Crippen LogP contribution is -2.38. The van der Waals surface area contributed by atoms with Crippen molar-refractivity contribution < 1.29 is 14.3 Å². The van der Waals surface area contributed by atoms with Gasteiger partial charge in [-0.25, -0.2) is 4.98 Å². The van der Waals surface area contributed by atoms with E-state index in [0.717, 1.165) is 11.4 Å². The van der Waals surface area contributed by atoms with Crippen molar-refractivity contribution in [1.82, 2.24) is 25.0 Å². The first kappa shape index (κ1) is 16.9. The number of fused-ring (bicyclic) bond motifs is 1. The van der Waals surface area contributed by atoms with Crippen molar-refractivity contribution in [3.63, 3.8) is 0 Å². The summed E-state index contributed by atoms with van der Waals surface area (Å²) in [5, 5.41) is 7.29. The molecule has 0 aliphatic carbocycles. The molecule has 0 saturated heterocycles. The summed E-state index contributed by atoms with van der Waals surface area (Å²) in [4.78, 5) is 29.8. The predicted molar refractivity (Wildman–Crippen MR) is 89.9 cm³/mol. The van der Waals surface area contributed by atoms with Crippen molar-refractivity contribution in [3.8, 4) is 5.88 Å². The third-order valence-electron chi connectivity index (χ3n) is 4.12. The number of pyridine rings is 1. The minimum absolute atomic E-state index is 0.00483. The van der Waals surface area contributed by atoms with Crippen molar-refractivity contribution in [2.24, 2.45) is 0 Å². The maximum absolute atomic E-state index is 12.6. The molecule has 2 aromatic rings. The van der Waals surface area contributed by atoms with Gasteiger partial charge >= 0.3 is 0 Å². The molecular weight excluding hydrogens is 322 g/mol. The fourth-order valence-corrected chi connectivity index (χ4v) is 2.71. The van der Waals surface area contributed by atoms with Crippen LogP contribution in [0.15, 0.2) is 24.4 Å². The van der Waals surface area contributed by atoms with Crippen LogP contribution in [0.1, 0.15) is 35.1 Å². The molecule has 2 aromatic heterocycles. The van der Waals surface area contributed by atoms with Gasteiger partial charge in [0.1, 0.15) is 0 Å². The van der Waals surface area contributed by atoms with Gasteiger partial charge in [0, 0.05) is 25.2 Å². The van der Waals surface area contributed by atoms with Crippen molar-refractivity contribution in [1.29, 1.82) is 0 Å². The molecule has 0 unspecified atom stereocenters. The summed E-state index contributed by atoms with van der Waals surface area (Å²) >= 11 is 0. The maximum Gasteiger partial charge on any atom is 0.255 e. The Balaban J connectivity index is 1.66. The topological polar surface area (TPSA) is 89.4 Å². The smallest absolute Gasteiger partial charge is 0.255 e. The Hall–Kier alpha value is -2.90. The molecule has 0 radical (unpaired) electrons. The first-order valence-corrected chi connectivity index (χ1v) is 8.22. The maximum atomic E-state index is 12.6. The molecule has 0 bridgehead atoms. The van der Waals surface area contributed by atoms with E-state index in [2.05, 4.69) is 15.4 Å². The Kier molecular flexibility index (Phi) is 4.97. The average Bonchev–Trinajstić information content (AvgIpc) is 3.07. The van der Waals surface area contributed by atoms with Crippen LogP contribution in [0.3, 0.4) is 0 Å². The van der Waals surface area contributed by atoms with Crippen LogP contribution < -0.4 is 10.1 Å². The van der Waals surface area contributed by atoms with E-state index in [1.807, 2.05) is 17.7 Å². The zero-order valence-corrected chi connectivity index (χ0v) is 14.4. The summed E-state index contributed by atoms with van der Waals surface area (Å²) in [5.74, 6) is 0.408. The molecular formula is C17H21N5O3. The highest BCUT2D eigenvalue weighted by molar-refractivity contribution is 5.94. The standard InChI is InChI=1S/C17H21N5O3/c1-3-15(23)18-10-13-8-14-11-21(6-7-22(14)20-13)17(24)12-4-5-16(25-2)19-9-12/h4-5,8-9H,3,6-7,10-11H2,1-2H3,(H,18,23). The largest absolute Gasteiger partial charge is 0.481 e. The highest BCUT2D eigenvalue weighted by atomic mass is 16.5. The van der Waals surface area contributed by atoms with Crippen molar-refractivity contribution >= 4 is 11.8 Å². The third-order valence-corrected chi connectivity index (χ3v) is 4.12. The van der Waals surface area contributed by atoms with Crippen LogP contribution in [0.4, 0.5) is 0 Å². The van der Waals surface area contributed by atoms with Crippen molar-refractivity contribution in [2.75, 3.05) is 13.7 Å². The first-order valence-electron chi connectivity index (χ1n) is 8.22. The SMILES string of the molecule is CCC(=O)NCc1cc2n(n1)CCN(C(=O)c1ccc(OC)nc1)C2. The summed E-state index contributed by atoms with van der Waals surface area (Å²) in [6.45, 7) is 3.92. The van der Waals surface area contributed by atoms with E-state index in [-0.39, 0.29) is 11.8 Å². The molecule has 1 aliphatic rings. The number of carbonyl (C=O) groups excluding carboxylic acids is 2. The highest BCUT2D eigenvalue weighted by Crippen LogP contribution is 2.17. The average molecular weight is 343 g/mol. The molecule has 132 valence electrons. The number of aromatic nitrogens is 3. The second-order valence-electron chi connectivity index (χ2n) is 5.80. The number of rotatable bonds is 5. The number of carbonyl (C=O) groups is 2. The number of amides is 2. The highest BCUT2D eigenvalue weighted by Gasteiger charge is 2.23. The normalized spacial score (nSPS) is 13.3. The molecule has 0 saturated carbocycles. The quantitative estimate of drug-likeness (QED) is 0.874. The van der Waals surface area contributed by atoms with Crippen LogP contribution in [0.5, 0.6) is 5.88 Å². The molecule has 1 N–H and O–H groups in total. The zero-order chi connectivity index (χ0) is 17.8. The number of nitrogens with zero attached hydrogens (tertiary/aromatic N) is 4. The van der Waals surface area contributed by atoms with Gasteiger partial charge < -0.3 is 15.0 Å².